The minimum absolute atomic E-state index is 0.236. The van der Waals surface area contributed by atoms with Crippen molar-refractivity contribution < 1.29 is 4.79 Å². The fraction of sp³-hybridized carbons (Fsp3) is 0.269. The zero-order valence-electron chi connectivity index (χ0n) is 19.5. The molecule has 1 atom stereocenters. The quantitative estimate of drug-likeness (QED) is 0.374. The van der Waals surface area contributed by atoms with Gasteiger partial charge in [0.1, 0.15) is 17.8 Å². The lowest BCUT2D eigenvalue weighted by Crippen LogP contribution is -2.46. The molecule has 1 aromatic carbocycles. The second-order valence-corrected chi connectivity index (χ2v) is 8.34. The van der Waals surface area contributed by atoms with E-state index in [0.29, 0.717) is 24.0 Å². The number of hydrogen-bond acceptors (Lipinski definition) is 7. The van der Waals surface area contributed by atoms with Gasteiger partial charge in [-0.05, 0) is 37.5 Å². The number of carbonyl (C=O) groups excluding carboxylic acids is 1. The number of rotatable bonds is 6. The first-order chi connectivity index (χ1) is 17.2. The SMILES string of the molecule is CC#CCN[C@H]1CCCN(c2ncnc3[nH]cc(-c4ccc(C(=O)Nc5cnccn5)cc4)c23)C1. The molecular formula is C26H26N8O. The molecule has 35 heavy (non-hydrogen) atoms. The number of nitrogens with one attached hydrogen (secondary N) is 3. The molecule has 5 rings (SSSR count). The lowest BCUT2D eigenvalue weighted by atomic mass is 10.0. The predicted octanol–water partition coefficient (Wildman–Crippen LogP) is 3.25. The third-order valence-corrected chi connectivity index (χ3v) is 6.09. The van der Waals surface area contributed by atoms with Crippen LogP contribution in [0, 0.1) is 11.8 Å². The maximum Gasteiger partial charge on any atom is 0.256 e. The number of hydrogen-bond donors (Lipinski definition) is 3. The Morgan fingerprint density at radius 2 is 2.09 bits per heavy atom. The Bertz CT molecular complexity index is 1370. The molecule has 1 amide bonds. The van der Waals surface area contributed by atoms with Crippen LogP contribution < -0.4 is 15.5 Å². The maximum atomic E-state index is 12.6. The van der Waals surface area contributed by atoms with Gasteiger partial charge in [0.05, 0.1) is 18.1 Å². The zero-order valence-corrected chi connectivity index (χ0v) is 19.5. The van der Waals surface area contributed by atoms with Crippen LogP contribution in [0.4, 0.5) is 11.6 Å². The second-order valence-electron chi connectivity index (χ2n) is 8.34. The number of amides is 1. The van der Waals surface area contributed by atoms with Gasteiger partial charge in [0.25, 0.3) is 5.91 Å². The molecule has 9 heteroatoms. The second kappa shape index (κ2) is 10.3. The summed E-state index contributed by atoms with van der Waals surface area (Å²) < 4.78 is 0. The van der Waals surface area contributed by atoms with Gasteiger partial charge >= 0.3 is 0 Å². The van der Waals surface area contributed by atoms with E-state index < -0.39 is 0 Å². The van der Waals surface area contributed by atoms with Crippen molar-refractivity contribution in [2.24, 2.45) is 0 Å². The number of benzene rings is 1. The van der Waals surface area contributed by atoms with Gasteiger partial charge in [-0.1, -0.05) is 18.1 Å². The highest BCUT2D eigenvalue weighted by Gasteiger charge is 2.24. The molecule has 0 radical (unpaired) electrons. The highest BCUT2D eigenvalue weighted by Crippen LogP contribution is 2.34. The van der Waals surface area contributed by atoms with Crippen LogP contribution >= 0.6 is 0 Å². The van der Waals surface area contributed by atoms with Gasteiger partial charge in [-0.25, -0.2) is 15.0 Å². The van der Waals surface area contributed by atoms with E-state index in [9.17, 15) is 4.79 Å². The van der Waals surface area contributed by atoms with Crippen LogP contribution in [0.3, 0.4) is 0 Å². The standard InChI is InChI=1S/C26H26N8O/c1-2-3-10-28-20-5-4-13-34(16-20)25-23-21(14-30-24(23)31-17-32-25)18-6-8-19(9-7-18)26(35)33-22-15-27-11-12-29-22/h6-9,11-12,14-15,17,20,28H,4-5,10,13,16H2,1H3,(H,29,33,35)(H,30,31,32)/t20-/m0/s1. The van der Waals surface area contributed by atoms with Crippen molar-refractivity contribution in [1.82, 2.24) is 30.2 Å². The first-order valence-electron chi connectivity index (χ1n) is 11.6. The van der Waals surface area contributed by atoms with Crippen molar-refractivity contribution in [1.29, 1.82) is 0 Å². The predicted molar refractivity (Wildman–Crippen MR) is 136 cm³/mol. The fourth-order valence-electron chi connectivity index (χ4n) is 4.39. The van der Waals surface area contributed by atoms with Crippen LogP contribution in [0.2, 0.25) is 0 Å². The van der Waals surface area contributed by atoms with Crippen LogP contribution in [-0.2, 0) is 0 Å². The van der Waals surface area contributed by atoms with Gasteiger partial charge in [-0.2, -0.15) is 0 Å². The van der Waals surface area contributed by atoms with Crippen molar-refractivity contribution in [2.45, 2.75) is 25.8 Å². The minimum Gasteiger partial charge on any atom is -0.354 e. The molecule has 0 bridgehead atoms. The van der Waals surface area contributed by atoms with E-state index in [0.717, 1.165) is 53.9 Å². The van der Waals surface area contributed by atoms with Gasteiger partial charge in [-0.15, -0.1) is 5.92 Å². The molecule has 0 unspecified atom stereocenters. The van der Waals surface area contributed by atoms with Gasteiger partial charge in [0.15, 0.2) is 5.82 Å². The first-order valence-corrected chi connectivity index (χ1v) is 11.6. The topological polar surface area (TPSA) is 112 Å². The summed E-state index contributed by atoms with van der Waals surface area (Å²) in [6.45, 7) is 4.36. The largest absolute Gasteiger partial charge is 0.354 e. The molecule has 4 aromatic rings. The fourth-order valence-corrected chi connectivity index (χ4v) is 4.39. The molecule has 0 saturated carbocycles. The van der Waals surface area contributed by atoms with Crippen molar-refractivity contribution in [3.05, 3.63) is 60.9 Å². The van der Waals surface area contributed by atoms with E-state index in [2.05, 4.69) is 52.3 Å². The summed E-state index contributed by atoms with van der Waals surface area (Å²) in [5, 5.41) is 7.27. The molecule has 1 aliphatic rings. The van der Waals surface area contributed by atoms with Crippen LogP contribution in [0.15, 0.2) is 55.4 Å². The van der Waals surface area contributed by atoms with E-state index in [1.54, 1.807) is 24.7 Å². The van der Waals surface area contributed by atoms with Crippen LogP contribution in [0.1, 0.15) is 30.1 Å². The highest BCUT2D eigenvalue weighted by atomic mass is 16.1. The zero-order chi connectivity index (χ0) is 24.0. The Labute approximate surface area is 203 Å². The molecule has 1 fully saturated rings. The smallest absolute Gasteiger partial charge is 0.256 e. The van der Waals surface area contributed by atoms with E-state index >= 15 is 0 Å². The molecule has 0 spiro atoms. The van der Waals surface area contributed by atoms with Gasteiger partial charge in [0.2, 0.25) is 0 Å². The average Bonchev–Trinajstić information content (AvgIpc) is 3.34. The van der Waals surface area contributed by atoms with Gasteiger partial charge in [0, 0.05) is 48.8 Å². The van der Waals surface area contributed by atoms with Crippen molar-refractivity contribution in [2.75, 3.05) is 29.9 Å². The summed E-state index contributed by atoms with van der Waals surface area (Å²) in [5.74, 6) is 7.12. The number of aromatic amines is 1. The van der Waals surface area contributed by atoms with Crippen molar-refractivity contribution in [3.63, 3.8) is 0 Å². The first kappa shape index (κ1) is 22.5. The monoisotopic (exact) mass is 466 g/mol. The van der Waals surface area contributed by atoms with E-state index in [1.165, 1.54) is 12.4 Å². The summed E-state index contributed by atoms with van der Waals surface area (Å²) in [6, 6.07) is 7.85. The molecular weight excluding hydrogens is 440 g/mol. The third-order valence-electron chi connectivity index (χ3n) is 6.09. The van der Waals surface area contributed by atoms with E-state index in [1.807, 2.05) is 25.3 Å². The summed E-state index contributed by atoms with van der Waals surface area (Å²) in [4.78, 5) is 35.4. The number of piperidine rings is 1. The van der Waals surface area contributed by atoms with E-state index in [-0.39, 0.29) is 5.91 Å². The number of anilines is 2. The lowest BCUT2D eigenvalue weighted by Gasteiger charge is -2.34. The Morgan fingerprint density at radius 1 is 1.20 bits per heavy atom. The lowest BCUT2D eigenvalue weighted by molar-refractivity contribution is 0.102. The number of aromatic nitrogens is 5. The molecule has 4 heterocycles. The van der Waals surface area contributed by atoms with Crippen molar-refractivity contribution >= 4 is 28.6 Å². The Kier molecular flexibility index (Phi) is 6.63. The van der Waals surface area contributed by atoms with Crippen LogP contribution in [0.25, 0.3) is 22.2 Å². The third kappa shape index (κ3) is 4.98. The number of nitrogens with zero attached hydrogens (tertiary/aromatic N) is 5. The van der Waals surface area contributed by atoms with Gasteiger partial charge in [-0.3, -0.25) is 9.78 Å². The normalized spacial score (nSPS) is 15.5. The number of carbonyl (C=O) groups is 1. The maximum absolute atomic E-state index is 12.6. The minimum atomic E-state index is -0.236. The summed E-state index contributed by atoms with van der Waals surface area (Å²) in [6.07, 6.45) is 10.4. The molecule has 176 valence electrons. The molecule has 0 aliphatic carbocycles. The highest BCUT2D eigenvalue weighted by molar-refractivity contribution is 6.05. The van der Waals surface area contributed by atoms with E-state index in [4.69, 9.17) is 0 Å². The molecule has 3 N–H and O–H groups in total. The number of fused-ring (bicyclic) bond motifs is 1. The Morgan fingerprint density at radius 3 is 2.89 bits per heavy atom. The summed E-state index contributed by atoms with van der Waals surface area (Å²) in [5.41, 5.74) is 3.31. The average molecular weight is 467 g/mol. The van der Waals surface area contributed by atoms with Crippen LogP contribution in [-0.4, -0.2) is 56.5 Å². The Hall–Kier alpha value is -4.29. The van der Waals surface area contributed by atoms with Crippen molar-refractivity contribution in [3.8, 4) is 23.0 Å². The molecule has 3 aromatic heterocycles. The molecule has 9 nitrogen and oxygen atoms in total. The van der Waals surface area contributed by atoms with Gasteiger partial charge < -0.3 is 20.5 Å². The summed E-state index contributed by atoms with van der Waals surface area (Å²) in [7, 11) is 0. The number of H-pyrrole nitrogens is 1. The molecule has 1 aliphatic heterocycles. The molecule has 1 saturated heterocycles. The summed E-state index contributed by atoms with van der Waals surface area (Å²) >= 11 is 0. The Balaban J connectivity index is 1.39. The van der Waals surface area contributed by atoms with Crippen LogP contribution in [0.5, 0.6) is 0 Å².